The molecule has 0 saturated heterocycles. The van der Waals surface area contributed by atoms with Gasteiger partial charge >= 0.3 is 0 Å². The van der Waals surface area contributed by atoms with Gasteiger partial charge in [0.15, 0.2) is 0 Å². The normalized spacial score (nSPS) is 11.6. The van der Waals surface area contributed by atoms with Gasteiger partial charge in [0.1, 0.15) is 11.0 Å². The Labute approximate surface area is 124 Å². The Bertz CT molecular complexity index is 514. The molecule has 0 aromatic heterocycles. The fourth-order valence-electron chi connectivity index (χ4n) is 1.61. The van der Waals surface area contributed by atoms with E-state index in [0.717, 1.165) is 0 Å². The first-order valence-electron chi connectivity index (χ1n) is 6.32. The monoisotopic (exact) mass is 293 g/mol. The molecule has 0 bridgehead atoms. The summed E-state index contributed by atoms with van der Waals surface area (Å²) in [5.74, 6) is -0.426. The number of thiocarbonyl (C=S) groups is 1. The topological polar surface area (TPSA) is 75.4 Å². The first-order chi connectivity index (χ1) is 9.36. The molecule has 1 rings (SSSR count). The van der Waals surface area contributed by atoms with Gasteiger partial charge in [0.05, 0.1) is 0 Å². The zero-order valence-corrected chi connectivity index (χ0v) is 12.7. The fourth-order valence-corrected chi connectivity index (χ4v) is 1.75. The van der Waals surface area contributed by atoms with Crippen LogP contribution in [0.5, 0.6) is 0 Å². The highest BCUT2D eigenvalue weighted by molar-refractivity contribution is 7.80. The van der Waals surface area contributed by atoms with Gasteiger partial charge in [-0.05, 0) is 26.0 Å². The third-order valence-corrected chi connectivity index (χ3v) is 3.24. The number of hydrogen-bond donors (Lipinski definition) is 2. The van der Waals surface area contributed by atoms with Crippen molar-refractivity contribution in [2.75, 3.05) is 13.6 Å². The summed E-state index contributed by atoms with van der Waals surface area (Å²) in [4.78, 5) is 25.7. The van der Waals surface area contributed by atoms with Crippen LogP contribution in [0.2, 0.25) is 0 Å². The van der Waals surface area contributed by atoms with Gasteiger partial charge in [-0.25, -0.2) is 0 Å². The molecule has 1 aromatic carbocycles. The maximum atomic E-state index is 12.0. The summed E-state index contributed by atoms with van der Waals surface area (Å²) in [6, 6.07) is 6.06. The molecule has 108 valence electrons. The van der Waals surface area contributed by atoms with Crippen LogP contribution in [0.4, 0.5) is 0 Å². The highest BCUT2D eigenvalue weighted by atomic mass is 32.1. The Morgan fingerprint density at radius 2 is 1.80 bits per heavy atom. The van der Waals surface area contributed by atoms with Crippen LogP contribution in [-0.2, 0) is 4.79 Å². The number of carbonyl (C=O) groups excluding carboxylic acids is 2. The highest BCUT2D eigenvalue weighted by Gasteiger charge is 2.19. The molecule has 0 fully saturated rings. The second-order valence-corrected chi connectivity index (χ2v) is 4.93. The van der Waals surface area contributed by atoms with Crippen LogP contribution in [-0.4, -0.2) is 41.3 Å². The molecule has 5 nitrogen and oxygen atoms in total. The standard InChI is InChI=1S/C14H19N3O2S/c1-4-17(3)14(19)9(2)16-13(18)11-7-5-10(6-8-11)12(15)20/h5-9H,4H2,1-3H3,(H2,15,20)(H,16,18). The fraction of sp³-hybridized carbons (Fsp3) is 0.357. The SMILES string of the molecule is CCN(C)C(=O)C(C)NC(=O)c1ccc(C(N)=S)cc1. The number of hydrogen-bond acceptors (Lipinski definition) is 3. The largest absolute Gasteiger partial charge is 0.389 e. The van der Waals surface area contributed by atoms with Crippen molar-refractivity contribution in [3.05, 3.63) is 35.4 Å². The highest BCUT2D eigenvalue weighted by Crippen LogP contribution is 2.05. The predicted molar refractivity (Wildman–Crippen MR) is 82.6 cm³/mol. The van der Waals surface area contributed by atoms with Gasteiger partial charge < -0.3 is 16.0 Å². The third-order valence-electron chi connectivity index (χ3n) is 3.00. The van der Waals surface area contributed by atoms with Gasteiger partial charge in [0.25, 0.3) is 5.91 Å². The van der Waals surface area contributed by atoms with Crippen molar-refractivity contribution in [3.63, 3.8) is 0 Å². The van der Waals surface area contributed by atoms with Gasteiger partial charge in [-0.15, -0.1) is 0 Å². The Kier molecular flexibility index (Phi) is 5.64. The molecular weight excluding hydrogens is 274 g/mol. The molecule has 0 spiro atoms. The van der Waals surface area contributed by atoms with E-state index in [2.05, 4.69) is 5.32 Å². The van der Waals surface area contributed by atoms with Gasteiger partial charge in [-0.2, -0.15) is 0 Å². The van der Waals surface area contributed by atoms with E-state index in [0.29, 0.717) is 17.7 Å². The van der Waals surface area contributed by atoms with Gasteiger partial charge in [0.2, 0.25) is 5.91 Å². The number of carbonyl (C=O) groups is 2. The molecule has 0 saturated carbocycles. The van der Waals surface area contributed by atoms with Crippen molar-refractivity contribution in [2.24, 2.45) is 5.73 Å². The summed E-state index contributed by atoms with van der Waals surface area (Å²) < 4.78 is 0. The third kappa shape index (κ3) is 4.03. The Morgan fingerprint density at radius 3 is 2.25 bits per heavy atom. The molecule has 3 N–H and O–H groups in total. The molecule has 1 atom stereocenters. The maximum absolute atomic E-state index is 12.0. The van der Waals surface area contributed by atoms with Crippen molar-refractivity contribution in [3.8, 4) is 0 Å². The molecule has 0 aliphatic heterocycles. The summed E-state index contributed by atoms with van der Waals surface area (Å²) in [5.41, 5.74) is 6.65. The average molecular weight is 293 g/mol. The molecule has 2 amide bonds. The van der Waals surface area contributed by atoms with Crippen LogP contribution in [0.3, 0.4) is 0 Å². The lowest BCUT2D eigenvalue weighted by molar-refractivity contribution is -0.131. The zero-order chi connectivity index (χ0) is 15.3. The molecule has 1 unspecified atom stereocenters. The van der Waals surface area contributed by atoms with Crippen molar-refractivity contribution in [1.29, 1.82) is 0 Å². The number of rotatable bonds is 5. The molecule has 6 heteroatoms. The minimum Gasteiger partial charge on any atom is -0.389 e. The lowest BCUT2D eigenvalue weighted by Crippen LogP contribution is -2.45. The van der Waals surface area contributed by atoms with Crippen LogP contribution in [0.15, 0.2) is 24.3 Å². The van der Waals surface area contributed by atoms with Crippen LogP contribution < -0.4 is 11.1 Å². The molecule has 0 radical (unpaired) electrons. The molecule has 20 heavy (non-hydrogen) atoms. The van der Waals surface area contributed by atoms with E-state index in [1.807, 2.05) is 6.92 Å². The Morgan fingerprint density at radius 1 is 1.30 bits per heavy atom. The van der Waals surface area contributed by atoms with Crippen molar-refractivity contribution in [2.45, 2.75) is 19.9 Å². The van der Waals surface area contributed by atoms with Crippen LogP contribution in [0.1, 0.15) is 29.8 Å². The van der Waals surface area contributed by atoms with Crippen LogP contribution in [0, 0.1) is 0 Å². The quantitative estimate of drug-likeness (QED) is 0.792. The molecule has 0 heterocycles. The van der Waals surface area contributed by atoms with Crippen molar-refractivity contribution in [1.82, 2.24) is 10.2 Å². The number of nitrogens with two attached hydrogens (primary N) is 1. The second kappa shape index (κ2) is 7.00. The predicted octanol–water partition coefficient (Wildman–Crippen LogP) is 0.917. The minimum atomic E-state index is -0.567. The van der Waals surface area contributed by atoms with E-state index in [9.17, 15) is 9.59 Å². The lowest BCUT2D eigenvalue weighted by atomic mass is 10.1. The molecule has 0 aliphatic carbocycles. The number of benzene rings is 1. The Balaban J connectivity index is 2.71. The summed E-state index contributed by atoms with van der Waals surface area (Å²) in [6.07, 6.45) is 0. The van der Waals surface area contributed by atoms with E-state index in [1.165, 1.54) is 0 Å². The summed E-state index contributed by atoms with van der Waals surface area (Å²) in [5, 5.41) is 2.67. The lowest BCUT2D eigenvalue weighted by Gasteiger charge is -2.20. The van der Waals surface area contributed by atoms with Crippen LogP contribution in [0.25, 0.3) is 0 Å². The van der Waals surface area contributed by atoms with Crippen molar-refractivity contribution < 1.29 is 9.59 Å². The number of amides is 2. The van der Waals surface area contributed by atoms with E-state index >= 15 is 0 Å². The summed E-state index contributed by atoms with van der Waals surface area (Å²) in [6.45, 7) is 4.14. The van der Waals surface area contributed by atoms with Crippen LogP contribution >= 0.6 is 12.2 Å². The molecule has 1 aromatic rings. The summed E-state index contributed by atoms with van der Waals surface area (Å²) >= 11 is 4.84. The first-order valence-corrected chi connectivity index (χ1v) is 6.73. The number of nitrogens with one attached hydrogen (secondary N) is 1. The number of nitrogens with zero attached hydrogens (tertiary/aromatic N) is 1. The van der Waals surface area contributed by atoms with Crippen molar-refractivity contribution >= 4 is 29.0 Å². The van der Waals surface area contributed by atoms with Gasteiger partial charge in [-0.1, -0.05) is 24.4 Å². The van der Waals surface area contributed by atoms with E-state index in [-0.39, 0.29) is 16.8 Å². The maximum Gasteiger partial charge on any atom is 0.251 e. The average Bonchev–Trinajstić information content (AvgIpc) is 2.45. The van der Waals surface area contributed by atoms with E-state index < -0.39 is 6.04 Å². The molecule has 0 aliphatic rings. The summed E-state index contributed by atoms with van der Waals surface area (Å²) in [7, 11) is 1.70. The van der Waals surface area contributed by atoms with E-state index in [1.54, 1.807) is 43.1 Å². The molecular formula is C14H19N3O2S. The Hall–Kier alpha value is -1.95. The van der Waals surface area contributed by atoms with Gasteiger partial charge in [0, 0.05) is 24.7 Å². The first kappa shape index (κ1) is 16.1. The zero-order valence-electron chi connectivity index (χ0n) is 11.8. The second-order valence-electron chi connectivity index (χ2n) is 4.49. The van der Waals surface area contributed by atoms with E-state index in [4.69, 9.17) is 18.0 Å². The smallest absolute Gasteiger partial charge is 0.251 e. The minimum absolute atomic E-state index is 0.124. The number of likely N-dealkylation sites (N-methyl/N-ethyl adjacent to an activating group) is 1. The van der Waals surface area contributed by atoms with Gasteiger partial charge in [-0.3, -0.25) is 9.59 Å².